The van der Waals surface area contributed by atoms with E-state index in [0.717, 1.165) is 24.2 Å². The largest absolute Gasteiger partial charge is 0.468 e. The molecule has 110 valence electrons. The van der Waals surface area contributed by atoms with E-state index < -0.39 is 5.44 Å². The van der Waals surface area contributed by atoms with E-state index in [0.29, 0.717) is 6.61 Å². The number of hydrogen-bond acceptors (Lipinski definition) is 4. The van der Waals surface area contributed by atoms with Gasteiger partial charge in [0.25, 0.3) is 0 Å². The summed E-state index contributed by atoms with van der Waals surface area (Å²) in [6, 6.07) is 9.82. The second-order valence-electron chi connectivity index (χ2n) is 4.16. The normalized spacial score (nSPS) is 12.8. The summed E-state index contributed by atoms with van der Waals surface area (Å²) >= 11 is 1.34. The molecule has 0 amide bonds. The van der Waals surface area contributed by atoms with Crippen molar-refractivity contribution in [2.24, 2.45) is 0 Å². The van der Waals surface area contributed by atoms with Crippen LogP contribution in [0.1, 0.15) is 32.3 Å². The van der Waals surface area contributed by atoms with Crippen molar-refractivity contribution in [2.75, 3.05) is 12.9 Å². The molecule has 0 saturated heterocycles. The average molecular weight is 294 g/mol. The molecule has 3 nitrogen and oxygen atoms in total. The maximum atomic E-state index is 11.8. The molecule has 1 aromatic rings. The van der Waals surface area contributed by atoms with Crippen LogP contribution in [0.2, 0.25) is 0 Å². The van der Waals surface area contributed by atoms with Crippen LogP contribution in [-0.4, -0.2) is 24.3 Å². The first-order chi connectivity index (χ1) is 9.72. The molecule has 1 unspecified atom stereocenters. The highest BCUT2D eigenvalue weighted by Crippen LogP contribution is 2.23. The summed E-state index contributed by atoms with van der Waals surface area (Å²) < 4.78 is 10.9. The van der Waals surface area contributed by atoms with E-state index in [4.69, 9.17) is 9.47 Å². The molecule has 1 aromatic carbocycles. The van der Waals surface area contributed by atoms with E-state index in [1.165, 1.54) is 11.8 Å². The molecule has 0 heterocycles. The maximum absolute atomic E-state index is 11.8. The maximum Gasteiger partial charge on any atom is 0.358 e. The van der Waals surface area contributed by atoms with Crippen LogP contribution >= 0.6 is 11.8 Å². The molecule has 0 bridgehead atoms. The lowest BCUT2D eigenvalue weighted by atomic mass is 10.1. The Morgan fingerprint density at radius 1 is 1.30 bits per heavy atom. The lowest BCUT2D eigenvalue weighted by Crippen LogP contribution is -2.22. The summed E-state index contributed by atoms with van der Waals surface area (Å²) in [7, 11) is 0. The molecule has 0 aliphatic heterocycles. The number of benzene rings is 1. The predicted octanol–water partition coefficient (Wildman–Crippen LogP) is 4.10. The zero-order valence-corrected chi connectivity index (χ0v) is 13.1. The SMILES string of the molecule is CCCC=C(OC(SC)C(=O)OCC)c1ccccc1. The molecule has 0 saturated carbocycles. The third-order valence-electron chi connectivity index (χ3n) is 2.60. The zero-order valence-electron chi connectivity index (χ0n) is 12.3. The van der Waals surface area contributed by atoms with E-state index in [2.05, 4.69) is 6.92 Å². The van der Waals surface area contributed by atoms with E-state index >= 15 is 0 Å². The number of rotatable bonds is 8. The first-order valence-electron chi connectivity index (χ1n) is 6.84. The molecule has 0 N–H and O–H groups in total. The molecule has 0 aromatic heterocycles. The Morgan fingerprint density at radius 2 is 2.00 bits per heavy atom. The van der Waals surface area contributed by atoms with Crippen molar-refractivity contribution >= 4 is 23.5 Å². The van der Waals surface area contributed by atoms with Crippen LogP contribution in [0.3, 0.4) is 0 Å². The van der Waals surface area contributed by atoms with Gasteiger partial charge in [0.15, 0.2) is 0 Å². The lowest BCUT2D eigenvalue weighted by molar-refractivity contribution is -0.147. The van der Waals surface area contributed by atoms with Gasteiger partial charge in [0.1, 0.15) is 5.76 Å². The molecular formula is C16H22O3S. The van der Waals surface area contributed by atoms with Gasteiger partial charge in [-0.1, -0.05) is 43.7 Å². The number of hydrogen-bond donors (Lipinski definition) is 0. The number of thioether (sulfide) groups is 1. The van der Waals surface area contributed by atoms with Gasteiger partial charge in [-0.3, -0.25) is 0 Å². The van der Waals surface area contributed by atoms with Gasteiger partial charge < -0.3 is 9.47 Å². The molecule has 0 spiro atoms. The first-order valence-corrected chi connectivity index (χ1v) is 8.13. The topological polar surface area (TPSA) is 35.5 Å². The summed E-state index contributed by atoms with van der Waals surface area (Å²) in [5.74, 6) is 0.401. The van der Waals surface area contributed by atoms with Crippen LogP contribution in [0.5, 0.6) is 0 Å². The van der Waals surface area contributed by atoms with Crippen LogP contribution in [-0.2, 0) is 14.3 Å². The van der Waals surface area contributed by atoms with E-state index in [9.17, 15) is 4.79 Å². The van der Waals surface area contributed by atoms with Crippen molar-refractivity contribution < 1.29 is 14.3 Å². The fourth-order valence-corrected chi connectivity index (χ4v) is 2.09. The minimum absolute atomic E-state index is 0.335. The van der Waals surface area contributed by atoms with Gasteiger partial charge in [-0.15, -0.1) is 11.8 Å². The van der Waals surface area contributed by atoms with Gasteiger partial charge in [-0.2, -0.15) is 0 Å². The highest BCUT2D eigenvalue weighted by molar-refractivity contribution is 7.99. The third-order valence-corrected chi connectivity index (χ3v) is 3.32. The molecular weight excluding hydrogens is 272 g/mol. The van der Waals surface area contributed by atoms with Crippen LogP contribution in [0.4, 0.5) is 0 Å². The fraction of sp³-hybridized carbons (Fsp3) is 0.438. The van der Waals surface area contributed by atoms with E-state index in [1.54, 1.807) is 6.92 Å². The summed E-state index contributed by atoms with van der Waals surface area (Å²) in [4.78, 5) is 11.8. The zero-order chi connectivity index (χ0) is 14.8. The van der Waals surface area contributed by atoms with Crippen molar-refractivity contribution in [1.82, 2.24) is 0 Å². The molecule has 0 aliphatic rings. The van der Waals surface area contributed by atoms with Crippen molar-refractivity contribution in [3.8, 4) is 0 Å². The standard InChI is InChI=1S/C16H22O3S/c1-4-6-12-14(13-10-8-7-9-11-13)19-16(20-3)15(17)18-5-2/h7-12,16H,4-6H2,1-3H3. The van der Waals surface area contributed by atoms with Crippen molar-refractivity contribution in [3.63, 3.8) is 0 Å². The molecule has 4 heteroatoms. The minimum Gasteiger partial charge on any atom is -0.468 e. The number of carbonyl (C=O) groups is 1. The highest BCUT2D eigenvalue weighted by Gasteiger charge is 2.21. The molecule has 1 atom stereocenters. The molecule has 0 fully saturated rings. The highest BCUT2D eigenvalue weighted by atomic mass is 32.2. The van der Waals surface area contributed by atoms with Gasteiger partial charge in [-0.25, -0.2) is 4.79 Å². The summed E-state index contributed by atoms with van der Waals surface area (Å²) in [5.41, 5.74) is 0.350. The Kier molecular flexibility index (Phi) is 7.88. The summed E-state index contributed by atoms with van der Waals surface area (Å²) in [6.45, 7) is 4.26. The Morgan fingerprint density at radius 3 is 2.55 bits per heavy atom. The fourth-order valence-electron chi connectivity index (χ4n) is 1.63. The number of unbranched alkanes of at least 4 members (excludes halogenated alkanes) is 1. The third kappa shape index (κ3) is 5.29. The lowest BCUT2D eigenvalue weighted by Gasteiger charge is -2.18. The Bertz CT molecular complexity index is 429. The predicted molar refractivity (Wildman–Crippen MR) is 84.3 cm³/mol. The van der Waals surface area contributed by atoms with Gasteiger partial charge >= 0.3 is 5.97 Å². The molecule has 0 radical (unpaired) electrons. The number of esters is 1. The van der Waals surface area contributed by atoms with Crippen molar-refractivity contribution in [2.45, 2.75) is 32.1 Å². The van der Waals surface area contributed by atoms with Gasteiger partial charge in [0, 0.05) is 5.56 Å². The van der Waals surface area contributed by atoms with Crippen LogP contribution in [0, 0.1) is 0 Å². The Balaban J connectivity index is 2.87. The number of allylic oxidation sites excluding steroid dienone is 1. The minimum atomic E-state index is -0.627. The molecule has 0 aliphatic carbocycles. The van der Waals surface area contributed by atoms with Crippen molar-refractivity contribution in [1.29, 1.82) is 0 Å². The smallest absolute Gasteiger partial charge is 0.358 e. The van der Waals surface area contributed by atoms with Gasteiger partial charge in [-0.05, 0) is 25.7 Å². The van der Waals surface area contributed by atoms with E-state index in [1.807, 2.05) is 42.7 Å². The van der Waals surface area contributed by atoms with Crippen LogP contribution in [0.25, 0.3) is 5.76 Å². The van der Waals surface area contributed by atoms with Crippen LogP contribution < -0.4 is 0 Å². The first kappa shape index (κ1) is 16.6. The molecule has 20 heavy (non-hydrogen) atoms. The monoisotopic (exact) mass is 294 g/mol. The quantitative estimate of drug-likeness (QED) is 0.411. The number of carbonyl (C=O) groups excluding carboxylic acids is 1. The van der Waals surface area contributed by atoms with Crippen LogP contribution in [0.15, 0.2) is 36.4 Å². The van der Waals surface area contributed by atoms with Gasteiger partial charge in [0.05, 0.1) is 6.61 Å². The second-order valence-corrected chi connectivity index (χ2v) is 5.06. The Hall–Kier alpha value is -1.42. The summed E-state index contributed by atoms with van der Waals surface area (Å²) in [6.07, 6.45) is 5.80. The molecule has 1 rings (SSSR count). The average Bonchev–Trinajstić information content (AvgIpc) is 2.48. The summed E-state index contributed by atoms with van der Waals surface area (Å²) in [5, 5.41) is 0. The number of ether oxygens (including phenoxy) is 2. The Labute approximate surface area is 125 Å². The second kappa shape index (κ2) is 9.48. The van der Waals surface area contributed by atoms with Crippen molar-refractivity contribution in [3.05, 3.63) is 42.0 Å². The van der Waals surface area contributed by atoms with Gasteiger partial charge in [0.2, 0.25) is 5.44 Å². The van der Waals surface area contributed by atoms with E-state index in [-0.39, 0.29) is 5.97 Å².